The molecule has 1 atom stereocenters. The Hall–Kier alpha value is -0.160. The molecular formula is C14H31N3O. The molecule has 1 heterocycles. The molecule has 0 aliphatic carbocycles. The van der Waals surface area contributed by atoms with Crippen molar-refractivity contribution in [2.45, 2.75) is 33.8 Å². The van der Waals surface area contributed by atoms with Crippen LogP contribution in [0.15, 0.2) is 0 Å². The summed E-state index contributed by atoms with van der Waals surface area (Å²) in [5.41, 5.74) is 0.347. The van der Waals surface area contributed by atoms with E-state index in [1.165, 1.54) is 0 Å². The number of nitrogens with one attached hydrogen (secondary N) is 2. The van der Waals surface area contributed by atoms with Crippen molar-refractivity contribution in [3.63, 3.8) is 0 Å². The molecule has 0 aromatic carbocycles. The summed E-state index contributed by atoms with van der Waals surface area (Å²) < 4.78 is 5.80. The average molecular weight is 257 g/mol. The Balaban J connectivity index is 2.14. The molecule has 4 nitrogen and oxygen atoms in total. The van der Waals surface area contributed by atoms with Crippen molar-refractivity contribution >= 4 is 0 Å². The smallest absolute Gasteiger partial charge is 0.0826 e. The summed E-state index contributed by atoms with van der Waals surface area (Å²) in [4.78, 5) is 2.50. The average Bonchev–Trinajstić information content (AvgIpc) is 2.28. The molecule has 0 amide bonds. The third-order valence-corrected chi connectivity index (χ3v) is 3.11. The Morgan fingerprint density at radius 2 is 2.06 bits per heavy atom. The number of nitrogens with zero attached hydrogens (tertiary/aromatic N) is 1. The predicted molar refractivity (Wildman–Crippen MR) is 77.0 cm³/mol. The van der Waals surface area contributed by atoms with Gasteiger partial charge in [-0.3, -0.25) is 4.90 Å². The first-order valence-electron chi connectivity index (χ1n) is 7.26. The third-order valence-electron chi connectivity index (χ3n) is 3.11. The zero-order chi connectivity index (χ0) is 13.4. The first-order valence-corrected chi connectivity index (χ1v) is 7.26. The molecule has 1 aliphatic heterocycles. The minimum atomic E-state index is 0.347. The summed E-state index contributed by atoms with van der Waals surface area (Å²) in [7, 11) is 0. The molecule has 0 spiro atoms. The van der Waals surface area contributed by atoms with Crippen LogP contribution in [0.1, 0.15) is 27.7 Å². The molecule has 0 bridgehead atoms. The van der Waals surface area contributed by atoms with Crippen LogP contribution in [0.25, 0.3) is 0 Å². The van der Waals surface area contributed by atoms with Crippen LogP contribution in [-0.4, -0.2) is 63.4 Å². The van der Waals surface area contributed by atoms with E-state index in [1.807, 2.05) is 0 Å². The van der Waals surface area contributed by atoms with Crippen LogP contribution in [0.2, 0.25) is 0 Å². The zero-order valence-electron chi connectivity index (χ0n) is 12.6. The van der Waals surface area contributed by atoms with E-state index in [0.717, 1.165) is 52.4 Å². The normalized spacial score (nSPS) is 22.3. The quantitative estimate of drug-likeness (QED) is 0.665. The van der Waals surface area contributed by atoms with Gasteiger partial charge in [-0.05, 0) is 12.0 Å². The zero-order valence-corrected chi connectivity index (χ0v) is 12.6. The number of ether oxygens (including phenoxy) is 1. The van der Waals surface area contributed by atoms with Crippen LogP contribution in [0, 0.1) is 5.41 Å². The summed E-state index contributed by atoms with van der Waals surface area (Å²) in [6, 6.07) is 0. The topological polar surface area (TPSA) is 36.5 Å². The SMILES string of the molecule is CCNCCN1CCOC(CNCC(C)(C)C)C1. The predicted octanol–water partition coefficient (Wildman–Crippen LogP) is 0.932. The van der Waals surface area contributed by atoms with Crippen LogP contribution >= 0.6 is 0 Å². The highest BCUT2D eigenvalue weighted by atomic mass is 16.5. The number of hydrogen-bond donors (Lipinski definition) is 2. The summed E-state index contributed by atoms with van der Waals surface area (Å²) in [6.45, 7) is 17.2. The lowest BCUT2D eigenvalue weighted by Crippen LogP contribution is -2.49. The fraction of sp³-hybridized carbons (Fsp3) is 1.00. The lowest BCUT2D eigenvalue weighted by Gasteiger charge is -2.33. The summed E-state index contributed by atoms with van der Waals surface area (Å²) in [5, 5.41) is 6.89. The van der Waals surface area contributed by atoms with E-state index in [9.17, 15) is 0 Å². The third kappa shape index (κ3) is 7.31. The molecule has 1 unspecified atom stereocenters. The summed E-state index contributed by atoms with van der Waals surface area (Å²) in [6.07, 6.45) is 0.350. The summed E-state index contributed by atoms with van der Waals surface area (Å²) >= 11 is 0. The number of morpholine rings is 1. The largest absolute Gasteiger partial charge is 0.374 e. The Morgan fingerprint density at radius 3 is 2.72 bits per heavy atom. The molecule has 1 fully saturated rings. The Bertz CT molecular complexity index is 216. The molecular weight excluding hydrogens is 226 g/mol. The second-order valence-corrected chi connectivity index (χ2v) is 6.34. The number of likely N-dealkylation sites (N-methyl/N-ethyl adjacent to an activating group) is 1. The fourth-order valence-corrected chi connectivity index (χ4v) is 2.13. The number of rotatable bonds is 7. The van der Waals surface area contributed by atoms with Crippen LogP contribution in [-0.2, 0) is 4.74 Å². The van der Waals surface area contributed by atoms with Gasteiger partial charge in [0.05, 0.1) is 12.7 Å². The fourth-order valence-electron chi connectivity index (χ4n) is 2.13. The van der Waals surface area contributed by atoms with Gasteiger partial charge in [-0.15, -0.1) is 0 Å². The van der Waals surface area contributed by atoms with Gasteiger partial charge in [-0.2, -0.15) is 0 Å². The van der Waals surface area contributed by atoms with E-state index in [0.29, 0.717) is 11.5 Å². The second kappa shape index (κ2) is 8.10. The summed E-state index contributed by atoms with van der Waals surface area (Å²) in [5.74, 6) is 0. The molecule has 1 saturated heterocycles. The second-order valence-electron chi connectivity index (χ2n) is 6.34. The van der Waals surface area contributed by atoms with Crippen LogP contribution in [0.4, 0.5) is 0 Å². The van der Waals surface area contributed by atoms with Gasteiger partial charge in [0.15, 0.2) is 0 Å². The van der Waals surface area contributed by atoms with Gasteiger partial charge in [0.1, 0.15) is 0 Å². The van der Waals surface area contributed by atoms with E-state index in [2.05, 4.69) is 43.2 Å². The van der Waals surface area contributed by atoms with Gasteiger partial charge in [0.2, 0.25) is 0 Å². The van der Waals surface area contributed by atoms with Crippen LogP contribution in [0.3, 0.4) is 0 Å². The van der Waals surface area contributed by atoms with E-state index in [4.69, 9.17) is 4.74 Å². The monoisotopic (exact) mass is 257 g/mol. The van der Waals surface area contributed by atoms with E-state index in [-0.39, 0.29) is 0 Å². The minimum Gasteiger partial charge on any atom is -0.374 e. The molecule has 2 N–H and O–H groups in total. The lowest BCUT2D eigenvalue weighted by molar-refractivity contribution is -0.0270. The van der Waals surface area contributed by atoms with Crippen molar-refractivity contribution < 1.29 is 4.74 Å². The highest BCUT2D eigenvalue weighted by Crippen LogP contribution is 2.10. The van der Waals surface area contributed by atoms with Gasteiger partial charge in [-0.25, -0.2) is 0 Å². The molecule has 1 rings (SSSR count). The molecule has 4 heteroatoms. The first-order chi connectivity index (χ1) is 8.51. The van der Waals surface area contributed by atoms with E-state index >= 15 is 0 Å². The maximum atomic E-state index is 5.80. The van der Waals surface area contributed by atoms with Gasteiger partial charge < -0.3 is 15.4 Å². The van der Waals surface area contributed by atoms with E-state index < -0.39 is 0 Å². The standard InChI is InChI=1S/C14H31N3O/c1-5-15-6-7-17-8-9-18-13(11-17)10-16-12-14(2,3)4/h13,15-16H,5-12H2,1-4H3. The molecule has 0 aromatic rings. The van der Waals surface area contributed by atoms with Crippen molar-refractivity contribution in [1.82, 2.24) is 15.5 Å². The lowest BCUT2D eigenvalue weighted by atomic mass is 9.97. The highest BCUT2D eigenvalue weighted by Gasteiger charge is 2.20. The van der Waals surface area contributed by atoms with Gasteiger partial charge >= 0.3 is 0 Å². The molecule has 0 radical (unpaired) electrons. The maximum Gasteiger partial charge on any atom is 0.0826 e. The molecule has 0 aromatic heterocycles. The number of hydrogen-bond acceptors (Lipinski definition) is 4. The van der Waals surface area contributed by atoms with Crippen molar-refractivity contribution in [2.24, 2.45) is 5.41 Å². The van der Waals surface area contributed by atoms with Crippen molar-refractivity contribution in [2.75, 3.05) is 52.4 Å². The van der Waals surface area contributed by atoms with Crippen molar-refractivity contribution in [3.05, 3.63) is 0 Å². The Labute approximate surface area is 112 Å². The van der Waals surface area contributed by atoms with Gasteiger partial charge in [0.25, 0.3) is 0 Å². The minimum absolute atomic E-state index is 0.347. The first kappa shape index (κ1) is 15.9. The molecule has 18 heavy (non-hydrogen) atoms. The van der Waals surface area contributed by atoms with Crippen molar-refractivity contribution in [3.8, 4) is 0 Å². The molecule has 108 valence electrons. The van der Waals surface area contributed by atoms with E-state index in [1.54, 1.807) is 0 Å². The molecule has 1 aliphatic rings. The Kier molecular flexibility index (Phi) is 7.15. The van der Waals surface area contributed by atoms with Crippen molar-refractivity contribution in [1.29, 1.82) is 0 Å². The maximum absolute atomic E-state index is 5.80. The van der Waals surface area contributed by atoms with Gasteiger partial charge in [-0.1, -0.05) is 27.7 Å². The van der Waals surface area contributed by atoms with Crippen LogP contribution < -0.4 is 10.6 Å². The Morgan fingerprint density at radius 1 is 1.28 bits per heavy atom. The highest BCUT2D eigenvalue weighted by molar-refractivity contribution is 4.75. The molecule has 0 saturated carbocycles. The van der Waals surface area contributed by atoms with Crippen LogP contribution in [0.5, 0.6) is 0 Å². The van der Waals surface area contributed by atoms with Gasteiger partial charge in [0, 0.05) is 39.3 Å².